The van der Waals surface area contributed by atoms with Gasteiger partial charge in [0.05, 0.1) is 6.54 Å². The summed E-state index contributed by atoms with van der Waals surface area (Å²) in [5.41, 5.74) is 0.813. The summed E-state index contributed by atoms with van der Waals surface area (Å²) in [6.45, 7) is 4.75. The van der Waals surface area contributed by atoms with Crippen molar-refractivity contribution in [2.45, 2.75) is 25.9 Å². The summed E-state index contributed by atoms with van der Waals surface area (Å²) in [7, 11) is 0. The highest BCUT2D eigenvalue weighted by atomic mass is 19.4. The summed E-state index contributed by atoms with van der Waals surface area (Å²) in [6, 6.07) is 2.51. The second kappa shape index (κ2) is 5.38. The molecule has 0 saturated heterocycles. The Kier molecular flexibility index (Phi) is 4.41. The lowest BCUT2D eigenvalue weighted by molar-refractivity contribution is -0.278. The van der Waals surface area contributed by atoms with Crippen LogP contribution in [0, 0.1) is 19.7 Å². The van der Waals surface area contributed by atoms with E-state index in [1.165, 1.54) is 26.0 Å². The summed E-state index contributed by atoms with van der Waals surface area (Å²) < 4.78 is 74.8. The summed E-state index contributed by atoms with van der Waals surface area (Å²) in [6.07, 6.45) is -5.63. The second-order valence-electron chi connectivity index (χ2n) is 4.45. The van der Waals surface area contributed by atoms with Gasteiger partial charge in [0, 0.05) is 11.3 Å². The Morgan fingerprint density at radius 1 is 1.10 bits per heavy atom. The average molecular weight is 297 g/mol. The fraction of sp³-hybridized carbons (Fsp3) is 0.385. The lowest BCUT2D eigenvalue weighted by Gasteiger charge is -2.21. The van der Waals surface area contributed by atoms with Gasteiger partial charge in [0.1, 0.15) is 5.82 Å². The first-order valence-corrected chi connectivity index (χ1v) is 5.60. The predicted molar refractivity (Wildman–Crippen MR) is 63.9 cm³/mol. The first-order valence-electron chi connectivity index (χ1n) is 5.60. The van der Waals surface area contributed by atoms with Crippen molar-refractivity contribution in [2.75, 3.05) is 6.54 Å². The molecule has 0 amide bonds. The molecular weight excluding hydrogens is 284 g/mol. The molecule has 0 bridgehead atoms. The van der Waals surface area contributed by atoms with Crippen molar-refractivity contribution >= 4 is 5.70 Å². The maximum atomic E-state index is 13.2. The van der Waals surface area contributed by atoms with Crippen LogP contribution < -0.4 is 5.32 Å². The van der Waals surface area contributed by atoms with E-state index in [1.54, 1.807) is 0 Å². The van der Waals surface area contributed by atoms with Crippen LogP contribution in [0.4, 0.5) is 26.3 Å². The molecule has 112 valence electrons. The summed E-state index contributed by atoms with van der Waals surface area (Å²) >= 11 is 0. The van der Waals surface area contributed by atoms with Gasteiger partial charge in [-0.05, 0) is 37.1 Å². The van der Waals surface area contributed by atoms with Gasteiger partial charge in [-0.25, -0.2) is 4.39 Å². The van der Waals surface area contributed by atoms with Gasteiger partial charge < -0.3 is 5.32 Å². The lowest BCUT2D eigenvalue weighted by atomic mass is 10.0. The van der Waals surface area contributed by atoms with Crippen molar-refractivity contribution in [3.63, 3.8) is 0 Å². The van der Waals surface area contributed by atoms with Gasteiger partial charge in [-0.15, -0.1) is 0 Å². The standard InChI is InChI=1S/C13H13F6N/c1-7-5-11(14)8(2)4-10(7)9(3)20-6-12(15,16)13(17,18)19/h4-5,20H,3,6H2,1-2H3. The molecule has 0 saturated carbocycles. The zero-order valence-electron chi connectivity index (χ0n) is 10.8. The van der Waals surface area contributed by atoms with Crippen molar-refractivity contribution < 1.29 is 26.3 Å². The first-order chi connectivity index (χ1) is 8.95. The number of nitrogens with one attached hydrogen (secondary N) is 1. The Morgan fingerprint density at radius 3 is 2.15 bits per heavy atom. The molecule has 0 atom stereocenters. The van der Waals surface area contributed by atoms with Gasteiger partial charge >= 0.3 is 12.1 Å². The molecule has 0 aromatic heterocycles. The molecular formula is C13H13F6N. The Hall–Kier alpha value is -1.66. The Labute approximate surface area is 112 Å². The monoisotopic (exact) mass is 297 g/mol. The van der Waals surface area contributed by atoms with Crippen LogP contribution in [-0.4, -0.2) is 18.6 Å². The van der Waals surface area contributed by atoms with E-state index in [9.17, 15) is 26.3 Å². The molecule has 0 aliphatic carbocycles. The molecule has 0 spiro atoms. The van der Waals surface area contributed by atoms with E-state index in [2.05, 4.69) is 6.58 Å². The van der Waals surface area contributed by atoms with Gasteiger partial charge in [0.2, 0.25) is 0 Å². The molecule has 0 heterocycles. The normalized spacial score (nSPS) is 12.4. The zero-order valence-corrected chi connectivity index (χ0v) is 10.8. The van der Waals surface area contributed by atoms with Gasteiger partial charge in [-0.3, -0.25) is 0 Å². The molecule has 0 aliphatic heterocycles. The lowest BCUT2D eigenvalue weighted by Crippen LogP contribution is -2.44. The van der Waals surface area contributed by atoms with Gasteiger partial charge in [-0.2, -0.15) is 22.0 Å². The molecule has 20 heavy (non-hydrogen) atoms. The minimum absolute atomic E-state index is 0.116. The maximum Gasteiger partial charge on any atom is 0.455 e. The minimum Gasteiger partial charge on any atom is -0.379 e. The first kappa shape index (κ1) is 16.4. The summed E-state index contributed by atoms with van der Waals surface area (Å²) in [5.74, 6) is -5.35. The van der Waals surface area contributed by atoms with Crippen LogP contribution in [-0.2, 0) is 0 Å². The molecule has 1 nitrogen and oxygen atoms in total. The molecule has 1 rings (SSSR count). The van der Waals surface area contributed by atoms with Crippen molar-refractivity contribution in [3.05, 3.63) is 41.2 Å². The van der Waals surface area contributed by atoms with Crippen LogP contribution in [0.15, 0.2) is 18.7 Å². The fourth-order valence-corrected chi connectivity index (χ4v) is 1.52. The van der Waals surface area contributed by atoms with Crippen molar-refractivity contribution in [2.24, 2.45) is 0 Å². The van der Waals surface area contributed by atoms with Crippen molar-refractivity contribution in [3.8, 4) is 0 Å². The van der Waals surface area contributed by atoms with E-state index < -0.39 is 24.5 Å². The van der Waals surface area contributed by atoms with Crippen LogP contribution in [0.25, 0.3) is 5.70 Å². The molecule has 0 unspecified atom stereocenters. The quantitative estimate of drug-likeness (QED) is 0.821. The number of benzene rings is 1. The highest BCUT2D eigenvalue weighted by Gasteiger charge is 2.57. The SMILES string of the molecule is C=C(NCC(F)(F)C(F)(F)F)c1cc(C)c(F)cc1C. The summed E-state index contributed by atoms with van der Waals surface area (Å²) in [4.78, 5) is 0. The van der Waals surface area contributed by atoms with Crippen LogP contribution in [0.2, 0.25) is 0 Å². The maximum absolute atomic E-state index is 13.2. The summed E-state index contributed by atoms with van der Waals surface area (Å²) in [5, 5.41) is 1.95. The zero-order chi connectivity index (χ0) is 15.7. The third-order valence-electron chi connectivity index (χ3n) is 2.77. The van der Waals surface area contributed by atoms with Crippen LogP contribution >= 0.6 is 0 Å². The second-order valence-corrected chi connectivity index (χ2v) is 4.45. The van der Waals surface area contributed by atoms with Crippen LogP contribution in [0.5, 0.6) is 0 Å². The van der Waals surface area contributed by atoms with E-state index in [4.69, 9.17) is 0 Å². The molecule has 7 heteroatoms. The van der Waals surface area contributed by atoms with Gasteiger partial charge in [0.15, 0.2) is 0 Å². The molecule has 1 aromatic carbocycles. The van der Waals surface area contributed by atoms with E-state index in [1.807, 2.05) is 5.32 Å². The average Bonchev–Trinajstić information content (AvgIpc) is 2.29. The molecule has 1 aromatic rings. The van der Waals surface area contributed by atoms with E-state index in [0.29, 0.717) is 11.1 Å². The predicted octanol–water partition coefficient (Wildman–Crippen LogP) is 4.20. The van der Waals surface area contributed by atoms with Crippen LogP contribution in [0.1, 0.15) is 16.7 Å². The Bertz CT molecular complexity index is 518. The fourth-order valence-electron chi connectivity index (χ4n) is 1.52. The third-order valence-corrected chi connectivity index (χ3v) is 2.77. The number of hydrogen-bond acceptors (Lipinski definition) is 1. The molecule has 0 aliphatic rings. The number of alkyl halides is 5. The van der Waals surface area contributed by atoms with E-state index >= 15 is 0 Å². The smallest absolute Gasteiger partial charge is 0.379 e. The molecule has 1 N–H and O–H groups in total. The Balaban J connectivity index is 2.86. The largest absolute Gasteiger partial charge is 0.455 e. The number of halogens is 6. The van der Waals surface area contributed by atoms with E-state index in [-0.39, 0.29) is 11.3 Å². The van der Waals surface area contributed by atoms with Crippen molar-refractivity contribution in [1.29, 1.82) is 0 Å². The van der Waals surface area contributed by atoms with Crippen molar-refractivity contribution in [1.82, 2.24) is 5.32 Å². The number of hydrogen-bond donors (Lipinski definition) is 1. The Morgan fingerprint density at radius 2 is 1.65 bits per heavy atom. The van der Waals surface area contributed by atoms with Gasteiger partial charge in [0.25, 0.3) is 0 Å². The third kappa shape index (κ3) is 3.46. The van der Waals surface area contributed by atoms with Gasteiger partial charge in [-0.1, -0.05) is 6.58 Å². The molecule has 0 radical (unpaired) electrons. The highest BCUT2D eigenvalue weighted by molar-refractivity contribution is 5.65. The number of rotatable bonds is 4. The minimum atomic E-state index is -5.63. The molecule has 0 fully saturated rings. The highest BCUT2D eigenvalue weighted by Crippen LogP contribution is 2.35. The van der Waals surface area contributed by atoms with Crippen LogP contribution in [0.3, 0.4) is 0 Å². The topological polar surface area (TPSA) is 12.0 Å². The number of aryl methyl sites for hydroxylation is 2. The van der Waals surface area contributed by atoms with E-state index in [0.717, 1.165) is 0 Å².